The Morgan fingerprint density at radius 3 is 2.61 bits per heavy atom. The van der Waals surface area contributed by atoms with Crippen LogP contribution in [-0.4, -0.2) is 31.0 Å². The lowest BCUT2D eigenvalue weighted by Gasteiger charge is -2.47. The lowest BCUT2D eigenvalue weighted by atomic mass is 9.62. The predicted molar refractivity (Wildman–Crippen MR) is 130 cm³/mol. The van der Waals surface area contributed by atoms with E-state index in [-0.39, 0.29) is 22.7 Å². The quantitative estimate of drug-likeness (QED) is 0.319. The molecule has 170 valence electrons. The van der Waals surface area contributed by atoms with Gasteiger partial charge in [0.2, 0.25) is 0 Å². The van der Waals surface area contributed by atoms with E-state index in [1.807, 2.05) is 0 Å². The largest absolute Gasteiger partial charge is 0.364 e. The zero-order valence-electron chi connectivity index (χ0n) is 17.8. The van der Waals surface area contributed by atoms with Gasteiger partial charge in [-0.15, -0.1) is 11.3 Å². The van der Waals surface area contributed by atoms with Crippen LogP contribution in [0.4, 0.5) is 10.2 Å². The smallest absolute Gasteiger partial charge is 0.192 e. The van der Waals surface area contributed by atoms with E-state index < -0.39 is 5.82 Å². The van der Waals surface area contributed by atoms with Gasteiger partial charge in [-0.25, -0.2) is 24.3 Å². The van der Waals surface area contributed by atoms with Gasteiger partial charge in [-0.1, -0.05) is 30.1 Å². The van der Waals surface area contributed by atoms with Crippen molar-refractivity contribution in [1.82, 2.24) is 24.9 Å². The number of nitrogens with one attached hydrogen (secondary N) is 2. The van der Waals surface area contributed by atoms with Crippen LogP contribution < -0.4 is 5.32 Å². The number of aromatic nitrogens is 5. The highest BCUT2D eigenvalue weighted by Gasteiger charge is 2.41. The third kappa shape index (κ3) is 3.68. The third-order valence-corrected chi connectivity index (χ3v) is 8.61. The predicted octanol–water partition coefficient (Wildman–Crippen LogP) is 6.83. The van der Waals surface area contributed by atoms with E-state index in [9.17, 15) is 0 Å². The van der Waals surface area contributed by atoms with E-state index in [4.69, 9.17) is 23.2 Å². The number of nitrogens with zero attached hydrogens (tertiary/aromatic N) is 4. The minimum atomic E-state index is -0.463. The van der Waals surface area contributed by atoms with Crippen LogP contribution in [-0.2, 0) is 0 Å². The van der Waals surface area contributed by atoms with Gasteiger partial charge in [0.15, 0.2) is 23.1 Å². The van der Waals surface area contributed by atoms with Crippen molar-refractivity contribution in [1.29, 1.82) is 0 Å². The number of hydrogen-bond acceptors (Lipinski definition) is 6. The average molecular weight is 503 g/mol. The molecule has 0 aromatic carbocycles. The molecule has 2 atom stereocenters. The molecule has 0 amide bonds. The van der Waals surface area contributed by atoms with Gasteiger partial charge >= 0.3 is 0 Å². The summed E-state index contributed by atoms with van der Waals surface area (Å²) in [6.07, 6.45) is 8.08. The molecule has 10 heteroatoms. The summed E-state index contributed by atoms with van der Waals surface area (Å²) in [7, 11) is 0. The first kappa shape index (κ1) is 21.3. The molecular weight excluding hydrogens is 482 g/mol. The second-order valence-electron chi connectivity index (χ2n) is 8.96. The fraction of sp³-hybridized carbons (Fsp3) is 0.391. The van der Waals surface area contributed by atoms with Gasteiger partial charge in [0.05, 0.1) is 21.0 Å². The van der Waals surface area contributed by atoms with Crippen molar-refractivity contribution < 1.29 is 4.39 Å². The van der Waals surface area contributed by atoms with Crippen LogP contribution in [0.5, 0.6) is 0 Å². The Bertz CT molecular complexity index is 1340. The topological polar surface area (TPSA) is 79.4 Å². The average Bonchev–Trinajstić information content (AvgIpc) is 3.43. The van der Waals surface area contributed by atoms with Crippen LogP contribution in [0.3, 0.4) is 0 Å². The molecular formula is C23H21Cl2FN6S. The fourth-order valence-electron chi connectivity index (χ4n) is 5.47. The molecule has 3 saturated carbocycles. The number of aromatic amines is 1. The van der Waals surface area contributed by atoms with Crippen molar-refractivity contribution in [2.75, 3.05) is 5.32 Å². The number of anilines is 1. The standard InChI is InChI=1S/C23H21Cl2FN6S/c1-10-11-2-4-12(5-3-11)18(10)30-22-17(26)20(14-6-7-16(25)33-14)31-21(32-22)13-8-27-23-19(13)29-15(24)9-28-23/h6-12,18H,2-5H2,1H3,(H,27,28)(H,30,31,32)/t10-,11?,12?,18+/m0/s1. The molecule has 33 heavy (non-hydrogen) atoms. The minimum absolute atomic E-state index is 0.187. The summed E-state index contributed by atoms with van der Waals surface area (Å²) in [4.78, 5) is 21.6. The molecule has 4 aromatic rings. The number of rotatable bonds is 4. The molecule has 0 saturated heterocycles. The maximum Gasteiger partial charge on any atom is 0.192 e. The van der Waals surface area contributed by atoms with Crippen LogP contribution in [0.1, 0.15) is 32.6 Å². The zero-order valence-corrected chi connectivity index (χ0v) is 20.1. The number of hydrogen-bond donors (Lipinski definition) is 2. The molecule has 7 rings (SSSR count). The molecule has 4 heterocycles. The van der Waals surface area contributed by atoms with E-state index in [0.717, 1.165) is 0 Å². The highest BCUT2D eigenvalue weighted by atomic mass is 35.5. The minimum Gasteiger partial charge on any atom is -0.364 e. The molecule has 2 N–H and O–H groups in total. The van der Waals surface area contributed by atoms with Crippen LogP contribution >= 0.6 is 34.5 Å². The summed E-state index contributed by atoms with van der Waals surface area (Å²) < 4.78 is 16.4. The number of thiophene rings is 1. The number of fused-ring (bicyclic) bond motifs is 4. The first-order chi connectivity index (χ1) is 16.0. The summed E-state index contributed by atoms with van der Waals surface area (Å²) >= 11 is 13.5. The summed E-state index contributed by atoms with van der Waals surface area (Å²) in [5.74, 6) is 1.78. The molecule has 0 aliphatic heterocycles. The molecule has 0 spiro atoms. The van der Waals surface area contributed by atoms with Gasteiger partial charge in [0.25, 0.3) is 0 Å². The maximum absolute atomic E-state index is 15.8. The van der Waals surface area contributed by atoms with E-state index in [1.54, 1.807) is 18.3 Å². The van der Waals surface area contributed by atoms with E-state index in [2.05, 4.69) is 37.2 Å². The Morgan fingerprint density at radius 1 is 1.09 bits per heavy atom. The van der Waals surface area contributed by atoms with E-state index in [1.165, 1.54) is 43.2 Å². The second kappa shape index (κ2) is 8.18. The SMILES string of the molecule is C[C@H]1C2CCC(CC2)[C@@H]1Nc1nc(-c2c[nH]c3ncc(Cl)nc23)nc(-c2ccc(Cl)s2)c1F. The highest BCUT2D eigenvalue weighted by molar-refractivity contribution is 7.19. The Kier molecular flexibility index (Phi) is 5.27. The highest BCUT2D eigenvalue weighted by Crippen LogP contribution is 2.46. The van der Waals surface area contributed by atoms with Gasteiger partial charge < -0.3 is 10.3 Å². The number of H-pyrrole nitrogens is 1. The van der Waals surface area contributed by atoms with Crippen molar-refractivity contribution in [3.05, 3.63) is 39.8 Å². The summed E-state index contributed by atoms with van der Waals surface area (Å²) in [6, 6.07) is 3.71. The molecule has 4 aromatic heterocycles. The lowest BCUT2D eigenvalue weighted by Crippen LogP contribution is -2.47. The summed E-state index contributed by atoms with van der Waals surface area (Å²) in [6.45, 7) is 2.27. The molecule has 2 bridgehead atoms. The molecule has 0 radical (unpaired) electrons. The Labute approximate surface area is 204 Å². The molecule has 0 unspecified atom stereocenters. The summed E-state index contributed by atoms with van der Waals surface area (Å²) in [5, 5.41) is 3.75. The maximum atomic E-state index is 15.8. The lowest BCUT2D eigenvalue weighted by molar-refractivity contribution is 0.0926. The summed E-state index contributed by atoms with van der Waals surface area (Å²) in [5.41, 5.74) is 1.94. The molecule has 3 fully saturated rings. The van der Waals surface area contributed by atoms with E-state index >= 15 is 4.39 Å². The molecule has 3 aliphatic rings. The molecule has 3 aliphatic carbocycles. The Hall–Kier alpha value is -2.29. The molecule has 6 nitrogen and oxygen atoms in total. The van der Waals surface area contributed by atoms with Crippen LogP contribution in [0.15, 0.2) is 24.5 Å². The van der Waals surface area contributed by atoms with Gasteiger partial charge in [-0.05, 0) is 55.6 Å². The van der Waals surface area contributed by atoms with Crippen molar-refractivity contribution in [3.8, 4) is 22.0 Å². The van der Waals surface area contributed by atoms with Gasteiger partial charge in [0.1, 0.15) is 16.4 Å². The van der Waals surface area contributed by atoms with Gasteiger partial charge in [-0.3, -0.25) is 0 Å². The normalized spacial score (nSPS) is 24.5. The third-order valence-electron chi connectivity index (χ3n) is 7.19. The van der Waals surface area contributed by atoms with Crippen LogP contribution in [0.2, 0.25) is 9.49 Å². The first-order valence-corrected chi connectivity index (χ1v) is 12.6. The monoisotopic (exact) mass is 502 g/mol. The number of halogens is 3. The zero-order chi connectivity index (χ0) is 22.7. The van der Waals surface area contributed by atoms with Crippen molar-refractivity contribution >= 4 is 51.5 Å². The Morgan fingerprint density at radius 2 is 1.88 bits per heavy atom. The van der Waals surface area contributed by atoms with Crippen molar-refractivity contribution in [2.45, 2.75) is 38.6 Å². The fourth-order valence-corrected chi connectivity index (χ4v) is 6.63. The van der Waals surface area contributed by atoms with Crippen molar-refractivity contribution in [3.63, 3.8) is 0 Å². The van der Waals surface area contributed by atoms with Gasteiger partial charge in [-0.2, -0.15) is 0 Å². The van der Waals surface area contributed by atoms with Gasteiger partial charge in [0, 0.05) is 12.2 Å². The van der Waals surface area contributed by atoms with E-state index in [0.29, 0.717) is 49.5 Å². The van der Waals surface area contributed by atoms with Crippen LogP contribution in [0, 0.1) is 23.6 Å². The Balaban J connectivity index is 1.49. The second-order valence-corrected chi connectivity index (χ2v) is 11.1. The van der Waals surface area contributed by atoms with Crippen LogP contribution in [0.25, 0.3) is 33.1 Å². The first-order valence-electron chi connectivity index (χ1n) is 11.1. The van der Waals surface area contributed by atoms with Crippen molar-refractivity contribution in [2.24, 2.45) is 17.8 Å².